The maximum atomic E-state index is 6.20. The molecule has 0 saturated heterocycles. The monoisotopic (exact) mass is 821 g/mol. The Balaban J connectivity index is 0.987. The third-order valence-corrected chi connectivity index (χ3v) is 14.0. The molecule has 9 aromatic carbocycles. The summed E-state index contributed by atoms with van der Waals surface area (Å²) in [7, 11) is 0. The van der Waals surface area contributed by atoms with Crippen LogP contribution >= 0.6 is 11.3 Å². The first-order valence-electron chi connectivity index (χ1n) is 21.2. The summed E-state index contributed by atoms with van der Waals surface area (Å²) in [6.45, 7) is 0. The van der Waals surface area contributed by atoms with Crippen molar-refractivity contribution in [2.24, 2.45) is 0 Å². The molecule has 0 fully saturated rings. The highest BCUT2D eigenvalue weighted by Gasteiger charge is 2.46. The van der Waals surface area contributed by atoms with Crippen molar-refractivity contribution < 1.29 is 4.42 Å². The van der Waals surface area contributed by atoms with E-state index in [1.165, 1.54) is 53.6 Å². The molecule has 3 aromatic heterocycles. The fourth-order valence-corrected chi connectivity index (χ4v) is 11.0. The molecule has 0 bridgehead atoms. The van der Waals surface area contributed by atoms with Gasteiger partial charge in [-0.05, 0) is 87.0 Å². The zero-order chi connectivity index (χ0) is 41.5. The number of hydrogen-bond donors (Lipinski definition) is 0. The Bertz CT molecular complexity index is 3690. The molecular weight excluding hydrogens is 787 g/mol. The van der Waals surface area contributed by atoms with Gasteiger partial charge in [0.2, 0.25) is 0 Å². The number of fused-ring (bicyclic) bond motifs is 9. The van der Waals surface area contributed by atoms with Crippen molar-refractivity contribution in [3.63, 3.8) is 0 Å². The smallest absolute Gasteiger partial charge is 0.164 e. The highest BCUT2D eigenvalue weighted by atomic mass is 32.1. The van der Waals surface area contributed by atoms with Gasteiger partial charge in [-0.15, -0.1) is 11.3 Å². The van der Waals surface area contributed by atoms with E-state index in [-0.39, 0.29) is 0 Å². The average molecular weight is 822 g/mol. The molecule has 13 rings (SSSR count). The minimum atomic E-state index is -0.554. The van der Waals surface area contributed by atoms with Gasteiger partial charge < -0.3 is 4.42 Å². The van der Waals surface area contributed by atoms with Crippen LogP contribution in [-0.2, 0) is 5.41 Å². The Morgan fingerprint density at radius 3 is 1.57 bits per heavy atom. The maximum Gasteiger partial charge on any atom is 0.164 e. The first-order chi connectivity index (χ1) is 31.2. The van der Waals surface area contributed by atoms with Gasteiger partial charge in [-0.3, -0.25) is 0 Å². The van der Waals surface area contributed by atoms with Crippen LogP contribution < -0.4 is 0 Å². The molecule has 0 unspecified atom stereocenters. The lowest BCUT2D eigenvalue weighted by atomic mass is 9.67. The van der Waals surface area contributed by atoms with Crippen LogP contribution in [0, 0.1) is 0 Å². The minimum absolute atomic E-state index is 0.554. The molecular formula is C58H35N3OS. The third-order valence-electron chi connectivity index (χ3n) is 12.9. The summed E-state index contributed by atoms with van der Waals surface area (Å²) < 4.78 is 8.79. The summed E-state index contributed by atoms with van der Waals surface area (Å²) in [5, 5.41) is 4.67. The molecule has 294 valence electrons. The number of thiophene rings is 1. The van der Waals surface area contributed by atoms with Crippen LogP contribution in [-0.4, -0.2) is 15.0 Å². The molecule has 0 radical (unpaired) electrons. The molecule has 0 atom stereocenters. The summed E-state index contributed by atoms with van der Waals surface area (Å²) >= 11 is 1.85. The number of benzene rings is 9. The molecule has 3 heterocycles. The molecule has 12 aromatic rings. The van der Waals surface area contributed by atoms with Crippen LogP contribution in [0.25, 0.3) is 98.5 Å². The molecule has 4 nitrogen and oxygen atoms in total. The third kappa shape index (κ3) is 5.57. The summed E-state index contributed by atoms with van der Waals surface area (Å²) in [5.74, 6) is 1.82. The van der Waals surface area contributed by atoms with Crippen LogP contribution in [0.2, 0.25) is 0 Å². The Morgan fingerprint density at radius 2 is 0.841 bits per heavy atom. The Hall–Kier alpha value is -7.99. The van der Waals surface area contributed by atoms with Crippen molar-refractivity contribution >= 4 is 53.4 Å². The van der Waals surface area contributed by atoms with Crippen LogP contribution in [0.3, 0.4) is 0 Å². The number of hydrogen-bond acceptors (Lipinski definition) is 5. The summed E-state index contributed by atoms with van der Waals surface area (Å²) in [5.41, 5.74) is 13.7. The normalized spacial score (nSPS) is 12.9. The number of para-hydroxylation sites is 1. The molecule has 5 heteroatoms. The van der Waals surface area contributed by atoms with E-state index >= 15 is 0 Å². The molecule has 0 N–H and O–H groups in total. The zero-order valence-corrected chi connectivity index (χ0v) is 34.7. The van der Waals surface area contributed by atoms with Gasteiger partial charge in [0.05, 0.1) is 5.41 Å². The fraction of sp³-hybridized carbons (Fsp3) is 0.0172. The SMILES string of the molecule is c1ccc(-c2ccc(-c3nc(-c4ccc(C5(c6ccc7sc8ccccc8c7c6)c6ccccc6-c6ccccc65)cc4)nc(-c4ccc5oc6ccccc6c5c4)n3)cc2)cc1. The quantitative estimate of drug-likeness (QED) is 0.168. The van der Waals surface area contributed by atoms with E-state index in [4.69, 9.17) is 19.4 Å². The number of nitrogens with zero attached hydrogens (tertiary/aromatic N) is 3. The second-order valence-electron chi connectivity index (χ2n) is 16.3. The lowest BCUT2D eigenvalue weighted by Crippen LogP contribution is -2.28. The van der Waals surface area contributed by atoms with Crippen molar-refractivity contribution in [3.8, 4) is 56.4 Å². The van der Waals surface area contributed by atoms with Crippen molar-refractivity contribution in [1.29, 1.82) is 0 Å². The van der Waals surface area contributed by atoms with Crippen LogP contribution in [0.15, 0.2) is 217 Å². The van der Waals surface area contributed by atoms with Gasteiger partial charge in [0.25, 0.3) is 0 Å². The van der Waals surface area contributed by atoms with Gasteiger partial charge in [-0.2, -0.15) is 0 Å². The van der Waals surface area contributed by atoms with Gasteiger partial charge >= 0.3 is 0 Å². The van der Waals surface area contributed by atoms with Gasteiger partial charge in [0.15, 0.2) is 17.5 Å². The number of aromatic nitrogens is 3. The molecule has 1 aliphatic rings. The van der Waals surface area contributed by atoms with Gasteiger partial charge in [-0.25, -0.2) is 15.0 Å². The molecule has 0 saturated carbocycles. The first kappa shape index (κ1) is 35.7. The van der Waals surface area contributed by atoms with E-state index in [1.807, 2.05) is 47.7 Å². The Kier molecular flexibility index (Phi) is 7.96. The van der Waals surface area contributed by atoms with E-state index in [1.54, 1.807) is 0 Å². The Labute approximate surface area is 367 Å². The molecule has 63 heavy (non-hydrogen) atoms. The zero-order valence-electron chi connectivity index (χ0n) is 33.9. The van der Waals surface area contributed by atoms with Crippen LogP contribution in [0.1, 0.15) is 22.3 Å². The molecule has 0 amide bonds. The molecule has 1 aliphatic carbocycles. The highest BCUT2D eigenvalue weighted by molar-refractivity contribution is 7.25. The standard InChI is InChI=1S/C58H35N3OS/c1-2-12-36(13-3-1)37-22-24-38(25-23-37)55-59-56(61-57(60-55)40-28-32-52-47(34-40)45-16-6-10-20-51(45)62-52)39-26-29-41(30-27-39)58(49-18-8-4-14-43(49)44-15-5-9-19-50(44)58)42-31-33-54-48(35-42)46-17-7-11-21-53(46)63-54/h1-35H. The predicted molar refractivity (Wildman–Crippen MR) is 259 cm³/mol. The number of furan rings is 1. The average Bonchev–Trinajstić information content (AvgIpc) is 4.02. The van der Waals surface area contributed by atoms with E-state index in [0.717, 1.165) is 49.8 Å². The lowest BCUT2D eigenvalue weighted by Gasteiger charge is -2.34. The lowest BCUT2D eigenvalue weighted by molar-refractivity contribution is 0.669. The van der Waals surface area contributed by atoms with Crippen molar-refractivity contribution in [3.05, 3.63) is 235 Å². The van der Waals surface area contributed by atoms with Gasteiger partial charge in [0, 0.05) is 47.6 Å². The Morgan fingerprint density at radius 1 is 0.333 bits per heavy atom. The highest BCUT2D eigenvalue weighted by Crippen LogP contribution is 2.56. The second kappa shape index (κ2) is 14.0. The summed E-state index contributed by atoms with van der Waals surface area (Å²) in [4.78, 5) is 15.6. The van der Waals surface area contributed by atoms with Crippen LogP contribution in [0.5, 0.6) is 0 Å². The van der Waals surface area contributed by atoms with Crippen LogP contribution in [0.4, 0.5) is 0 Å². The fourth-order valence-electron chi connectivity index (χ4n) is 9.92. The second-order valence-corrected chi connectivity index (χ2v) is 17.4. The van der Waals surface area contributed by atoms with Gasteiger partial charge in [-0.1, -0.05) is 170 Å². The first-order valence-corrected chi connectivity index (χ1v) is 22.1. The largest absolute Gasteiger partial charge is 0.456 e. The topological polar surface area (TPSA) is 51.8 Å². The van der Waals surface area contributed by atoms with E-state index in [2.05, 4.69) is 176 Å². The van der Waals surface area contributed by atoms with E-state index in [0.29, 0.717) is 17.5 Å². The summed E-state index contributed by atoms with van der Waals surface area (Å²) in [6, 6.07) is 75.9. The van der Waals surface area contributed by atoms with Crippen molar-refractivity contribution in [2.45, 2.75) is 5.41 Å². The molecule has 0 spiro atoms. The maximum absolute atomic E-state index is 6.20. The minimum Gasteiger partial charge on any atom is -0.456 e. The predicted octanol–water partition coefficient (Wildman–Crippen LogP) is 15.2. The molecule has 0 aliphatic heterocycles. The van der Waals surface area contributed by atoms with Crippen molar-refractivity contribution in [2.75, 3.05) is 0 Å². The van der Waals surface area contributed by atoms with E-state index in [9.17, 15) is 0 Å². The number of rotatable bonds is 6. The van der Waals surface area contributed by atoms with Crippen molar-refractivity contribution in [1.82, 2.24) is 15.0 Å². The summed E-state index contributed by atoms with van der Waals surface area (Å²) in [6.07, 6.45) is 0. The van der Waals surface area contributed by atoms with Gasteiger partial charge in [0.1, 0.15) is 11.2 Å². The van der Waals surface area contributed by atoms with E-state index < -0.39 is 5.41 Å².